The van der Waals surface area contributed by atoms with Gasteiger partial charge in [0.1, 0.15) is 0 Å². The lowest BCUT2D eigenvalue weighted by molar-refractivity contribution is -0.137. The monoisotopic (exact) mass is 354 g/mol. The van der Waals surface area contributed by atoms with Crippen LogP contribution in [0, 0.1) is 0 Å². The molecule has 1 heterocycles. The van der Waals surface area contributed by atoms with Gasteiger partial charge in [0.15, 0.2) is 0 Å². The van der Waals surface area contributed by atoms with Crippen molar-refractivity contribution in [1.29, 1.82) is 0 Å². The normalized spacial score (nSPS) is 21.6. The van der Waals surface area contributed by atoms with Crippen molar-refractivity contribution in [1.82, 2.24) is 0 Å². The van der Waals surface area contributed by atoms with Crippen molar-refractivity contribution in [3.8, 4) is 0 Å². The van der Waals surface area contributed by atoms with Gasteiger partial charge in [-0.15, -0.1) is 0 Å². The Balaban J connectivity index is 1.82. The van der Waals surface area contributed by atoms with Crippen molar-refractivity contribution in [2.75, 3.05) is 11.5 Å². The highest BCUT2D eigenvalue weighted by atomic mass is 79.9. The van der Waals surface area contributed by atoms with Crippen molar-refractivity contribution >= 4 is 33.7 Å². The number of carbonyl (C=O) groups is 1. The average molecular weight is 355 g/mol. The molecule has 0 bridgehead atoms. The van der Waals surface area contributed by atoms with Gasteiger partial charge in [-0.25, -0.2) is 0 Å². The van der Waals surface area contributed by atoms with Crippen LogP contribution in [0.4, 0.5) is 0 Å². The Morgan fingerprint density at radius 1 is 1.35 bits per heavy atom. The number of benzene rings is 1. The fourth-order valence-electron chi connectivity index (χ4n) is 3.20. The molecule has 0 amide bonds. The Kier molecular flexibility index (Phi) is 4.14. The quantitative estimate of drug-likeness (QED) is 0.860. The number of hydrogen-bond donors (Lipinski definition) is 1. The highest BCUT2D eigenvalue weighted by Gasteiger charge is 2.46. The van der Waals surface area contributed by atoms with Crippen molar-refractivity contribution in [2.24, 2.45) is 0 Å². The molecule has 1 N–H and O–H groups in total. The maximum absolute atomic E-state index is 11.0. The van der Waals surface area contributed by atoms with Gasteiger partial charge in [0.25, 0.3) is 0 Å². The minimum Gasteiger partial charge on any atom is -0.481 e. The Hall–Kier alpha value is -0.480. The molecule has 2 nitrogen and oxygen atoms in total. The minimum atomic E-state index is -0.688. The fourth-order valence-corrected chi connectivity index (χ4v) is 5.01. The molecule has 0 atom stereocenters. The lowest BCUT2D eigenvalue weighted by Crippen LogP contribution is -2.14. The largest absolute Gasteiger partial charge is 0.481 e. The maximum Gasteiger partial charge on any atom is 0.304 e. The first-order valence-electron chi connectivity index (χ1n) is 7.20. The topological polar surface area (TPSA) is 37.3 Å². The molecule has 0 unspecified atom stereocenters. The Labute approximate surface area is 132 Å². The smallest absolute Gasteiger partial charge is 0.304 e. The molecule has 1 aliphatic carbocycles. The summed E-state index contributed by atoms with van der Waals surface area (Å²) in [5, 5.41) is 9.06. The van der Waals surface area contributed by atoms with Gasteiger partial charge in [0, 0.05) is 9.89 Å². The first-order valence-corrected chi connectivity index (χ1v) is 9.15. The van der Waals surface area contributed by atoms with E-state index in [1.54, 1.807) is 0 Å². The molecule has 20 heavy (non-hydrogen) atoms. The molecule has 1 aliphatic heterocycles. The van der Waals surface area contributed by atoms with Crippen LogP contribution >= 0.6 is 27.7 Å². The molecule has 4 heteroatoms. The first-order chi connectivity index (χ1) is 9.61. The van der Waals surface area contributed by atoms with E-state index in [9.17, 15) is 4.79 Å². The minimum absolute atomic E-state index is 0.0880. The number of aliphatic carboxylic acids is 1. The Morgan fingerprint density at radius 2 is 2.05 bits per heavy atom. The molecule has 1 aromatic carbocycles. The molecule has 1 saturated heterocycles. The summed E-state index contributed by atoms with van der Waals surface area (Å²) in [7, 11) is 0. The first kappa shape index (κ1) is 14.5. The summed E-state index contributed by atoms with van der Waals surface area (Å²) in [6.45, 7) is 0. The summed E-state index contributed by atoms with van der Waals surface area (Å²) in [4.78, 5) is 11.0. The molecule has 1 saturated carbocycles. The van der Waals surface area contributed by atoms with Gasteiger partial charge < -0.3 is 5.11 Å². The van der Waals surface area contributed by atoms with Gasteiger partial charge in [0.05, 0.1) is 6.42 Å². The summed E-state index contributed by atoms with van der Waals surface area (Å²) < 4.78 is 1.17. The molecule has 1 aromatic rings. The Bertz CT molecular complexity index is 519. The second-order valence-corrected chi connectivity index (χ2v) is 8.05. The molecule has 0 radical (unpaired) electrons. The van der Waals surface area contributed by atoms with Crippen LogP contribution < -0.4 is 0 Å². The van der Waals surface area contributed by atoms with Crippen LogP contribution in [-0.4, -0.2) is 22.6 Å². The molecule has 3 rings (SSSR count). The third-order valence-electron chi connectivity index (χ3n) is 4.62. The van der Waals surface area contributed by atoms with Gasteiger partial charge in [0.2, 0.25) is 0 Å². The van der Waals surface area contributed by atoms with Crippen molar-refractivity contribution in [3.05, 3.63) is 33.8 Å². The van der Waals surface area contributed by atoms with Gasteiger partial charge in [-0.05, 0) is 60.3 Å². The van der Waals surface area contributed by atoms with Crippen molar-refractivity contribution in [2.45, 2.75) is 43.4 Å². The third kappa shape index (κ3) is 2.91. The van der Waals surface area contributed by atoms with E-state index in [0.29, 0.717) is 5.92 Å². The van der Waals surface area contributed by atoms with Crippen LogP contribution in [0.25, 0.3) is 0 Å². The highest BCUT2D eigenvalue weighted by molar-refractivity contribution is 9.10. The molecular weight excluding hydrogens is 336 g/mol. The van der Waals surface area contributed by atoms with Crippen molar-refractivity contribution in [3.63, 3.8) is 0 Å². The van der Waals surface area contributed by atoms with E-state index < -0.39 is 5.97 Å². The number of thioether (sulfide) groups is 1. The van der Waals surface area contributed by atoms with Crippen LogP contribution in [0.3, 0.4) is 0 Å². The second kappa shape index (κ2) is 5.72. The zero-order valence-corrected chi connectivity index (χ0v) is 13.8. The van der Waals surface area contributed by atoms with Crippen molar-refractivity contribution < 1.29 is 9.90 Å². The maximum atomic E-state index is 11.0. The molecule has 2 fully saturated rings. The molecule has 108 valence electrons. The highest BCUT2D eigenvalue weighted by Crippen LogP contribution is 2.52. The van der Waals surface area contributed by atoms with E-state index in [1.165, 1.54) is 39.9 Å². The van der Waals surface area contributed by atoms with Gasteiger partial charge in [-0.1, -0.05) is 28.1 Å². The lowest BCUT2D eigenvalue weighted by atomic mass is 9.88. The van der Waals surface area contributed by atoms with Gasteiger partial charge in [-0.2, -0.15) is 11.8 Å². The molecule has 2 aliphatic rings. The number of rotatable bonds is 4. The average Bonchev–Trinajstić information content (AvgIpc) is 3.19. The van der Waals surface area contributed by atoms with Gasteiger partial charge in [-0.3, -0.25) is 4.79 Å². The molecule has 0 spiro atoms. The van der Waals surface area contributed by atoms with Crippen LogP contribution in [-0.2, 0) is 10.2 Å². The SMILES string of the molecule is O=C(O)CC1(c2ccc(C3CCSCC3)c(Br)c2)CC1. The van der Waals surface area contributed by atoms with Crippen LogP contribution in [0.1, 0.15) is 49.1 Å². The summed E-state index contributed by atoms with van der Waals surface area (Å²) in [6, 6.07) is 6.56. The zero-order valence-electron chi connectivity index (χ0n) is 11.4. The number of carboxylic acid groups (broad SMARTS) is 1. The number of hydrogen-bond acceptors (Lipinski definition) is 2. The predicted molar refractivity (Wildman–Crippen MR) is 86.6 cm³/mol. The van der Waals surface area contributed by atoms with E-state index in [2.05, 4.69) is 34.1 Å². The Morgan fingerprint density at radius 3 is 2.60 bits per heavy atom. The second-order valence-electron chi connectivity index (χ2n) is 5.97. The predicted octanol–water partition coefficient (Wildman–Crippen LogP) is 4.57. The van der Waals surface area contributed by atoms with E-state index >= 15 is 0 Å². The van der Waals surface area contributed by atoms with E-state index in [4.69, 9.17) is 5.11 Å². The molecular formula is C16H19BrO2S. The fraction of sp³-hybridized carbons (Fsp3) is 0.562. The van der Waals surface area contributed by atoms with Crippen LogP contribution in [0.15, 0.2) is 22.7 Å². The number of halogens is 1. The van der Waals surface area contributed by atoms with E-state index in [0.717, 1.165) is 12.8 Å². The van der Waals surface area contributed by atoms with E-state index in [-0.39, 0.29) is 11.8 Å². The van der Waals surface area contributed by atoms with Crippen LogP contribution in [0.5, 0.6) is 0 Å². The zero-order chi connectivity index (χ0) is 14.2. The summed E-state index contributed by atoms with van der Waals surface area (Å²) in [5.41, 5.74) is 2.51. The third-order valence-corrected chi connectivity index (χ3v) is 6.35. The summed E-state index contributed by atoms with van der Waals surface area (Å²) in [5.74, 6) is 2.48. The molecule has 0 aromatic heterocycles. The van der Waals surface area contributed by atoms with Gasteiger partial charge >= 0.3 is 5.97 Å². The summed E-state index contributed by atoms with van der Waals surface area (Å²) >= 11 is 5.76. The van der Waals surface area contributed by atoms with E-state index in [1.807, 2.05) is 11.8 Å². The van der Waals surface area contributed by atoms with Crippen LogP contribution in [0.2, 0.25) is 0 Å². The lowest BCUT2D eigenvalue weighted by Gasteiger charge is -2.24. The summed E-state index contributed by atoms with van der Waals surface area (Å²) in [6.07, 6.45) is 4.78. The standard InChI is InChI=1S/C16H19BrO2S/c17-14-9-12(16(5-6-16)10-15(18)19)1-2-13(14)11-3-7-20-8-4-11/h1-2,9,11H,3-8,10H2,(H,18,19). The number of carboxylic acids is 1.